The predicted molar refractivity (Wildman–Crippen MR) is 130 cm³/mol. The lowest BCUT2D eigenvalue weighted by molar-refractivity contribution is -0.115. The van der Waals surface area contributed by atoms with Gasteiger partial charge < -0.3 is 19.9 Å². The van der Waals surface area contributed by atoms with E-state index in [4.69, 9.17) is 4.74 Å². The highest BCUT2D eigenvalue weighted by atomic mass is 16.5. The fraction of sp³-hybridized carbons (Fsp3) is 0.231. The van der Waals surface area contributed by atoms with E-state index in [9.17, 15) is 4.79 Å². The van der Waals surface area contributed by atoms with Crippen molar-refractivity contribution in [2.45, 2.75) is 20.3 Å². The number of amides is 1. The van der Waals surface area contributed by atoms with Gasteiger partial charge in [0.1, 0.15) is 11.6 Å². The summed E-state index contributed by atoms with van der Waals surface area (Å²) in [7, 11) is 1.65. The van der Waals surface area contributed by atoms with Gasteiger partial charge in [0, 0.05) is 30.0 Å². The van der Waals surface area contributed by atoms with Crippen LogP contribution in [0.2, 0.25) is 0 Å². The van der Waals surface area contributed by atoms with Crippen molar-refractivity contribution in [1.82, 2.24) is 9.97 Å². The molecule has 3 aromatic carbocycles. The summed E-state index contributed by atoms with van der Waals surface area (Å²) < 4.78 is 5.21. The number of carbonyl (C=O) groups is 1. The molecule has 0 unspecified atom stereocenters. The average Bonchev–Trinajstić information content (AvgIpc) is 3.24. The zero-order valence-electron chi connectivity index (χ0n) is 18.7. The van der Waals surface area contributed by atoms with Gasteiger partial charge in [0.2, 0.25) is 5.91 Å². The quantitative estimate of drug-likeness (QED) is 0.401. The molecule has 32 heavy (non-hydrogen) atoms. The van der Waals surface area contributed by atoms with Crippen molar-refractivity contribution in [3.8, 4) is 17.1 Å². The summed E-state index contributed by atoms with van der Waals surface area (Å²) >= 11 is 0. The van der Waals surface area contributed by atoms with E-state index in [1.165, 1.54) is 5.69 Å². The number of ether oxygens (including phenoxy) is 1. The summed E-state index contributed by atoms with van der Waals surface area (Å²) in [6, 6.07) is 21.6. The normalized spacial score (nSPS) is 10.8. The van der Waals surface area contributed by atoms with Gasteiger partial charge in [-0.15, -0.1) is 0 Å². The molecule has 2 N–H and O–H groups in total. The van der Waals surface area contributed by atoms with Crippen LogP contribution in [0.25, 0.3) is 22.4 Å². The Hall–Kier alpha value is -3.80. The monoisotopic (exact) mass is 428 g/mol. The second-order valence-electron chi connectivity index (χ2n) is 7.61. The number of nitrogens with one attached hydrogen (secondary N) is 2. The van der Waals surface area contributed by atoms with E-state index in [1.807, 2.05) is 54.6 Å². The summed E-state index contributed by atoms with van der Waals surface area (Å²) in [5.41, 5.74) is 5.60. The molecule has 0 atom stereocenters. The zero-order chi connectivity index (χ0) is 22.5. The van der Waals surface area contributed by atoms with Gasteiger partial charge in [0.25, 0.3) is 0 Å². The van der Waals surface area contributed by atoms with Crippen molar-refractivity contribution < 1.29 is 9.53 Å². The van der Waals surface area contributed by atoms with Crippen molar-refractivity contribution in [2.24, 2.45) is 0 Å². The molecule has 1 amide bonds. The van der Waals surface area contributed by atoms with Gasteiger partial charge in [-0.05, 0) is 74.0 Å². The van der Waals surface area contributed by atoms with E-state index in [0.29, 0.717) is 6.42 Å². The molecule has 0 spiro atoms. The molecule has 0 aliphatic carbocycles. The first kappa shape index (κ1) is 21.4. The lowest BCUT2D eigenvalue weighted by atomic mass is 10.1. The van der Waals surface area contributed by atoms with Gasteiger partial charge in [-0.3, -0.25) is 4.79 Å². The van der Waals surface area contributed by atoms with Crippen molar-refractivity contribution >= 4 is 28.3 Å². The van der Waals surface area contributed by atoms with Gasteiger partial charge >= 0.3 is 0 Å². The summed E-state index contributed by atoms with van der Waals surface area (Å²) in [4.78, 5) is 22.8. The number of imidazole rings is 1. The van der Waals surface area contributed by atoms with Crippen LogP contribution in [0, 0.1) is 0 Å². The number of benzene rings is 3. The third kappa shape index (κ3) is 4.75. The topological polar surface area (TPSA) is 70.2 Å². The van der Waals surface area contributed by atoms with E-state index >= 15 is 0 Å². The molecule has 1 aromatic heterocycles. The molecule has 0 saturated heterocycles. The Kier molecular flexibility index (Phi) is 6.40. The van der Waals surface area contributed by atoms with Gasteiger partial charge in [-0.25, -0.2) is 4.98 Å². The number of H-pyrrole nitrogens is 1. The number of methoxy groups -OCH3 is 1. The third-order valence-corrected chi connectivity index (χ3v) is 5.56. The number of nitrogens with zero attached hydrogens (tertiary/aromatic N) is 2. The molecule has 6 nitrogen and oxygen atoms in total. The number of aromatic nitrogens is 2. The Morgan fingerprint density at radius 1 is 1.00 bits per heavy atom. The Bertz CT molecular complexity index is 1190. The minimum absolute atomic E-state index is 0.0465. The molecule has 0 bridgehead atoms. The maximum absolute atomic E-state index is 12.6. The fourth-order valence-corrected chi connectivity index (χ4v) is 3.78. The van der Waals surface area contributed by atoms with Crippen LogP contribution in [-0.2, 0) is 11.2 Å². The SMILES string of the molecule is CCN(CC)c1ccc(CC(=O)Nc2ccc3nc(-c4ccc(OC)cc4)[nH]c3c2)cc1. The smallest absolute Gasteiger partial charge is 0.228 e. The molecule has 6 heteroatoms. The minimum Gasteiger partial charge on any atom is -0.497 e. The van der Waals surface area contributed by atoms with E-state index in [0.717, 1.165) is 52.5 Å². The molecule has 0 aliphatic rings. The number of rotatable bonds is 8. The summed E-state index contributed by atoms with van der Waals surface area (Å²) in [6.45, 7) is 6.21. The van der Waals surface area contributed by atoms with Crippen LogP contribution in [-0.4, -0.2) is 36.1 Å². The van der Waals surface area contributed by atoms with Crippen molar-refractivity contribution in [3.63, 3.8) is 0 Å². The largest absolute Gasteiger partial charge is 0.497 e. The summed E-state index contributed by atoms with van der Waals surface area (Å²) in [6.07, 6.45) is 0.330. The van der Waals surface area contributed by atoms with Crippen LogP contribution in [0.4, 0.5) is 11.4 Å². The lowest BCUT2D eigenvalue weighted by Crippen LogP contribution is -2.21. The van der Waals surface area contributed by atoms with Gasteiger partial charge in [-0.2, -0.15) is 0 Å². The molecule has 164 valence electrons. The van der Waals surface area contributed by atoms with Crippen molar-refractivity contribution in [1.29, 1.82) is 0 Å². The highest BCUT2D eigenvalue weighted by Gasteiger charge is 2.09. The number of fused-ring (bicyclic) bond motifs is 1. The van der Waals surface area contributed by atoms with E-state index in [-0.39, 0.29) is 5.91 Å². The highest BCUT2D eigenvalue weighted by molar-refractivity contribution is 5.94. The first-order chi connectivity index (χ1) is 15.6. The fourth-order valence-electron chi connectivity index (χ4n) is 3.78. The molecule has 0 fully saturated rings. The molecule has 4 rings (SSSR count). The second-order valence-corrected chi connectivity index (χ2v) is 7.61. The maximum Gasteiger partial charge on any atom is 0.228 e. The van der Waals surface area contributed by atoms with Crippen LogP contribution in [0.15, 0.2) is 66.7 Å². The minimum atomic E-state index is -0.0465. The van der Waals surface area contributed by atoms with Gasteiger partial charge in [-0.1, -0.05) is 12.1 Å². The second kappa shape index (κ2) is 9.56. The third-order valence-electron chi connectivity index (χ3n) is 5.56. The first-order valence-corrected chi connectivity index (χ1v) is 10.9. The average molecular weight is 429 g/mol. The van der Waals surface area contributed by atoms with E-state index in [2.05, 4.69) is 46.2 Å². The predicted octanol–water partition coefficient (Wildman–Crippen LogP) is 5.27. The number of hydrogen-bond acceptors (Lipinski definition) is 4. The molecule has 0 radical (unpaired) electrons. The first-order valence-electron chi connectivity index (χ1n) is 10.9. The number of carbonyl (C=O) groups excluding carboxylic acids is 1. The molecular formula is C26H28N4O2. The summed E-state index contributed by atoms with van der Waals surface area (Å²) in [5.74, 6) is 1.53. The zero-order valence-corrected chi connectivity index (χ0v) is 18.7. The molecule has 0 aliphatic heterocycles. The lowest BCUT2D eigenvalue weighted by Gasteiger charge is -2.21. The van der Waals surface area contributed by atoms with E-state index in [1.54, 1.807) is 7.11 Å². The van der Waals surface area contributed by atoms with Crippen LogP contribution in [0.1, 0.15) is 19.4 Å². The molecule has 4 aromatic rings. The van der Waals surface area contributed by atoms with E-state index < -0.39 is 0 Å². The van der Waals surface area contributed by atoms with Crippen molar-refractivity contribution in [3.05, 3.63) is 72.3 Å². The molecule has 0 saturated carbocycles. The Labute approximate surface area is 188 Å². The number of hydrogen-bond donors (Lipinski definition) is 2. The molecule has 1 heterocycles. The van der Waals surface area contributed by atoms with Gasteiger partial charge in [0.05, 0.1) is 24.6 Å². The van der Waals surface area contributed by atoms with Crippen LogP contribution in [0.5, 0.6) is 5.75 Å². The van der Waals surface area contributed by atoms with Crippen LogP contribution < -0.4 is 15.0 Å². The van der Waals surface area contributed by atoms with Crippen LogP contribution >= 0.6 is 0 Å². The Balaban J connectivity index is 1.44. The molecular weight excluding hydrogens is 400 g/mol. The summed E-state index contributed by atoms with van der Waals surface area (Å²) in [5, 5.41) is 2.99. The van der Waals surface area contributed by atoms with Crippen molar-refractivity contribution in [2.75, 3.05) is 30.4 Å². The number of anilines is 2. The maximum atomic E-state index is 12.6. The van der Waals surface area contributed by atoms with Gasteiger partial charge in [0.15, 0.2) is 0 Å². The highest BCUT2D eigenvalue weighted by Crippen LogP contribution is 2.25. The number of aromatic amines is 1. The Morgan fingerprint density at radius 2 is 1.72 bits per heavy atom. The Morgan fingerprint density at radius 3 is 2.38 bits per heavy atom. The standard InChI is InChI=1S/C26H28N4O2/c1-4-30(5-2)21-11-6-18(7-12-21)16-25(31)27-20-10-15-23-24(17-20)29-26(28-23)19-8-13-22(32-3)14-9-19/h6-15,17H,4-5,16H2,1-3H3,(H,27,31)(H,28,29). The van der Waals surface area contributed by atoms with Crippen LogP contribution in [0.3, 0.4) is 0 Å².